The fourth-order valence-electron chi connectivity index (χ4n) is 2.69. The molecule has 4 heteroatoms. The summed E-state index contributed by atoms with van der Waals surface area (Å²) < 4.78 is 5.38. The van der Waals surface area contributed by atoms with Gasteiger partial charge < -0.3 is 15.6 Å². The maximum absolute atomic E-state index is 11.2. The van der Waals surface area contributed by atoms with Gasteiger partial charge in [-0.05, 0) is 23.3 Å². The first kappa shape index (κ1) is 12.0. The number of hydrogen-bond acceptors (Lipinski definition) is 3. The molecule has 0 unspecified atom stereocenters. The Hall–Kier alpha value is -2.07. The van der Waals surface area contributed by atoms with Crippen LogP contribution in [-0.4, -0.2) is 23.7 Å². The fraction of sp³-hybridized carbons (Fsp3) is 0.267. The predicted octanol–water partition coefficient (Wildman–Crippen LogP) is 2.12. The van der Waals surface area contributed by atoms with Crippen molar-refractivity contribution in [2.45, 2.75) is 17.9 Å². The summed E-state index contributed by atoms with van der Waals surface area (Å²) in [7, 11) is 1.59. The standard InChI is InChI=1S/C15H15NO3/c1-19-12-7-6-9-4-2-3-5-10(9)13(12)11-8-15(11,16)14(17)18/h2-7,11H,8,16H2,1H3,(H,17,18)/t11-,15+/m0/s1. The Labute approximate surface area is 110 Å². The topological polar surface area (TPSA) is 72.5 Å². The molecular weight excluding hydrogens is 242 g/mol. The van der Waals surface area contributed by atoms with E-state index in [1.54, 1.807) is 7.11 Å². The summed E-state index contributed by atoms with van der Waals surface area (Å²) in [6, 6.07) is 11.7. The first-order chi connectivity index (χ1) is 9.08. The van der Waals surface area contributed by atoms with Gasteiger partial charge in [0.25, 0.3) is 0 Å². The minimum absolute atomic E-state index is 0.189. The van der Waals surface area contributed by atoms with Crippen LogP contribution in [-0.2, 0) is 4.79 Å². The van der Waals surface area contributed by atoms with Crippen molar-refractivity contribution >= 4 is 16.7 Å². The molecule has 3 N–H and O–H groups in total. The van der Waals surface area contributed by atoms with Crippen molar-refractivity contribution in [2.75, 3.05) is 7.11 Å². The second-order valence-corrected chi connectivity index (χ2v) is 5.00. The number of benzene rings is 2. The van der Waals surface area contributed by atoms with Crippen LogP contribution in [0.4, 0.5) is 0 Å². The molecule has 1 aliphatic carbocycles. The van der Waals surface area contributed by atoms with E-state index in [-0.39, 0.29) is 5.92 Å². The zero-order valence-electron chi connectivity index (χ0n) is 10.6. The molecule has 0 radical (unpaired) electrons. The Morgan fingerprint density at radius 3 is 2.74 bits per heavy atom. The highest BCUT2D eigenvalue weighted by molar-refractivity contribution is 5.93. The van der Waals surface area contributed by atoms with Crippen LogP contribution >= 0.6 is 0 Å². The molecule has 0 amide bonds. The number of carbonyl (C=O) groups is 1. The molecule has 0 aromatic heterocycles. The third kappa shape index (κ3) is 1.68. The van der Waals surface area contributed by atoms with Crippen molar-refractivity contribution in [1.82, 2.24) is 0 Å². The number of methoxy groups -OCH3 is 1. The van der Waals surface area contributed by atoms with E-state index in [1.165, 1.54) is 0 Å². The lowest BCUT2D eigenvalue weighted by molar-refractivity contribution is -0.139. The summed E-state index contributed by atoms with van der Waals surface area (Å²) in [5.41, 5.74) is 5.68. The zero-order chi connectivity index (χ0) is 13.6. The number of carboxylic acid groups (broad SMARTS) is 1. The van der Waals surface area contributed by atoms with Gasteiger partial charge in [0.1, 0.15) is 11.3 Å². The van der Waals surface area contributed by atoms with Gasteiger partial charge in [-0.25, -0.2) is 0 Å². The summed E-state index contributed by atoms with van der Waals surface area (Å²) in [6.45, 7) is 0. The van der Waals surface area contributed by atoms with Gasteiger partial charge in [-0.1, -0.05) is 30.3 Å². The Morgan fingerprint density at radius 1 is 1.37 bits per heavy atom. The molecular formula is C15H15NO3. The van der Waals surface area contributed by atoms with E-state index in [9.17, 15) is 9.90 Å². The van der Waals surface area contributed by atoms with Crippen LogP contribution in [0.25, 0.3) is 10.8 Å². The summed E-state index contributed by atoms with van der Waals surface area (Å²) in [4.78, 5) is 11.2. The number of nitrogens with two attached hydrogens (primary N) is 1. The lowest BCUT2D eigenvalue weighted by Crippen LogP contribution is -2.34. The monoisotopic (exact) mass is 257 g/mol. The maximum atomic E-state index is 11.2. The predicted molar refractivity (Wildman–Crippen MR) is 72.4 cm³/mol. The minimum Gasteiger partial charge on any atom is -0.496 e. The second-order valence-electron chi connectivity index (χ2n) is 5.00. The van der Waals surface area contributed by atoms with Gasteiger partial charge in [0.2, 0.25) is 0 Å². The van der Waals surface area contributed by atoms with E-state index in [0.717, 1.165) is 16.3 Å². The summed E-state index contributed by atoms with van der Waals surface area (Å²) >= 11 is 0. The molecule has 2 atom stereocenters. The molecule has 2 aromatic carbocycles. The molecule has 1 saturated carbocycles. The number of fused-ring (bicyclic) bond motifs is 1. The highest BCUT2D eigenvalue weighted by Crippen LogP contribution is 2.54. The highest BCUT2D eigenvalue weighted by Gasteiger charge is 2.59. The van der Waals surface area contributed by atoms with Gasteiger partial charge in [-0.3, -0.25) is 4.79 Å². The Morgan fingerprint density at radius 2 is 2.11 bits per heavy atom. The molecule has 0 aliphatic heterocycles. The third-order valence-corrected chi connectivity index (χ3v) is 3.90. The second kappa shape index (κ2) is 3.96. The first-order valence-corrected chi connectivity index (χ1v) is 6.16. The first-order valence-electron chi connectivity index (χ1n) is 6.16. The fourth-order valence-corrected chi connectivity index (χ4v) is 2.69. The SMILES string of the molecule is COc1ccc2ccccc2c1[C@@H]1C[C@]1(N)C(=O)O. The highest BCUT2D eigenvalue weighted by atomic mass is 16.5. The Balaban J connectivity index is 2.20. The molecule has 2 aromatic rings. The van der Waals surface area contributed by atoms with Crippen molar-refractivity contribution < 1.29 is 14.6 Å². The van der Waals surface area contributed by atoms with Gasteiger partial charge in [-0.15, -0.1) is 0 Å². The molecule has 0 bridgehead atoms. The van der Waals surface area contributed by atoms with Crippen molar-refractivity contribution in [3.8, 4) is 5.75 Å². The maximum Gasteiger partial charge on any atom is 0.324 e. The van der Waals surface area contributed by atoms with E-state index in [1.807, 2.05) is 36.4 Å². The number of hydrogen-bond donors (Lipinski definition) is 2. The molecule has 1 fully saturated rings. The van der Waals surface area contributed by atoms with Gasteiger partial charge in [0, 0.05) is 11.5 Å². The lowest BCUT2D eigenvalue weighted by Gasteiger charge is -2.13. The van der Waals surface area contributed by atoms with Crippen LogP contribution in [0.2, 0.25) is 0 Å². The largest absolute Gasteiger partial charge is 0.496 e. The summed E-state index contributed by atoms with van der Waals surface area (Å²) in [5, 5.41) is 11.3. The lowest BCUT2D eigenvalue weighted by atomic mass is 9.97. The van der Waals surface area contributed by atoms with E-state index >= 15 is 0 Å². The molecule has 19 heavy (non-hydrogen) atoms. The average Bonchev–Trinajstić information content (AvgIpc) is 3.10. The number of aliphatic carboxylic acids is 1. The Kier molecular flexibility index (Phi) is 2.50. The molecule has 0 spiro atoms. The van der Waals surface area contributed by atoms with Crippen LogP contribution in [0.5, 0.6) is 5.75 Å². The third-order valence-electron chi connectivity index (χ3n) is 3.90. The van der Waals surface area contributed by atoms with Crippen LogP contribution in [0.3, 0.4) is 0 Å². The smallest absolute Gasteiger partial charge is 0.324 e. The quantitative estimate of drug-likeness (QED) is 0.883. The molecule has 98 valence electrons. The van der Waals surface area contributed by atoms with Crippen molar-refractivity contribution in [3.05, 3.63) is 42.0 Å². The molecule has 0 heterocycles. The van der Waals surface area contributed by atoms with Gasteiger partial charge >= 0.3 is 5.97 Å². The average molecular weight is 257 g/mol. The Bertz CT molecular complexity index is 667. The van der Waals surface area contributed by atoms with Crippen LogP contribution in [0, 0.1) is 0 Å². The van der Waals surface area contributed by atoms with Gasteiger partial charge in [0.15, 0.2) is 0 Å². The van der Waals surface area contributed by atoms with Crippen LogP contribution in [0.1, 0.15) is 17.9 Å². The molecule has 1 aliphatic rings. The van der Waals surface area contributed by atoms with E-state index in [2.05, 4.69) is 0 Å². The minimum atomic E-state index is -1.16. The van der Waals surface area contributed by atoms with Crippen molar-refractivity contribution in [3.63, 3.8) is 0 Å². The van der Waals surface area contributed by atoms with E-state index in [4.69, 9.17) is 10.5 Å². The zero-order valence-corrected chi connectivity index (χ0v) is 10.6. The molecule has 4 nitrogen and oxygen atoms in total. The molecule has 0 saturated heterocycles. The van der Waals surface area contributed by atoms with Crippen molar-refractivity contribution in [2.24, 2.45) is 5.73 Å². The summed E-state index contributed by atoms with van der Waals surface area (Å²) in [6.07, 6.45) is 0.451. The van der Waals surface area contributed by atoms with Crippen LogP contribution < -0.4 is 10.5 Å². The number of rotatable bonds is 3. The van der Waals surface area contributed by atoms with Gasteiger partial charge in [0.05, 0.1) is 7.11 Å². The van der Waals surface area contributed by atoms with E-state index < -0.39 is 11.5 Å². The molecule has 3 rings (SSSR count). The number of ether oxygens (including phenoxy) is 1. The van der Waals surface area contributed by atoms with Crippen molar-refractivity contribution in [1.29, 1.82) is 0 Å². The normalized spacial score (nSPS) is 25.3. The van der Waals surface area contributed by atoms with Crippen LogP contribution in [0.15, 0.2) is 36.4 Å². The van der Waals surface area contributed by atoms with E-state index in [0.29, 0.717) is 12.2 Å². The summed E-state index contributed by atoms with van der Waals surface area (Å²) in [5.74, 6) is -0.434. The van der Waals surface area contributed by atoms with Gasteiger partial charge in [-0.2, -0.15) is 0 Å². The number of carboxylic acids is 1.